The van der Waals surface area contributed by atoms with Gasteiger partial charge in [0.25, 0.3) is 0 Å². The number of unbranched alkanes of at least 4 members (excludes halogenated alkanes) is 2. The summed E-state index contributed by atoms with van der Waals surface area (Å²) in [6.07, 6.45) is 18.5. The molecule has 1 heterocycles. The van der Waals surface area contributed by atoms with Crippen LogP contribution in [0.15, 0.2) is 27.4 Å². The fraction of sp³-hybridized carbons (Fsp3) is 0.778. The number of oxime groups is 1. The molecule has 2 aliphatic carbocycles. The first-order chi connectivity index (χ1) is 16.1. The van der Waals surface area contributed by atoms with Crippen LogP contribution in [0.5, 0.6) is 0 Å². The average molecular weight is 460 g/mol. The van der Waals surface area contributed by atoms with Crippen molar-refractivity contribution in [3.05, 3.63) is 29.5 Å². The molecular formula is C27H45N3O3. The fourth-order valence-electron chi connectivity index (χ4n) is 5.66. The van der Waals surface area contributed by atoms with E-state index < -0.39 is 0 Å². The van der Waals surface area contributed by atoms with Crippen molar-refractivity contribution in [3.63, 3.8) is 0 Å². The number of aliphatic hydroxyl groups excluding tert-OH is 1. The molecule has 0 spiro atoms. The number of nitrogens with two attached hydrogens (primary N) is 1. The van der Waals surface area contributed by atoms with E-state index in [2.05, 4.69) is 30.1 Å². The third kappa shape index (κ3) is 8.25. The minimum atomic E-state index is -0.0671. The highest BCUT2D eigenvalue weighted by molar-refractivity contribution is 5.95. The number of oxazole rings is 1. The molecule has 0 aliphatic heterocycles. The van der Waals surface area contributed by atoms with Gasteiger partial charge in [-0.2, -0.15) is 0 Å². The van der Waals surface area contributed by atoms with Gasteiger partial charge in [0.15, 0.2) is 0 Å². The van der Waals surface area contributed by atoms with Crippen molar-refractivity contribution < 1.29 is 14.4 Å². The predicted molar refractivity (Wildman–Crippen MR) is 133 cm³/mol. The van der Waals surface area contributed by atoms with Gasteiger partial charge in [-0.25, -0.2) is 4.98 Å². The zero-order chi connectivity index (χ0) is 23.5. The van der Waals surface area contributed by atoms with E-state index in [9.17, 15) is 5.11 Å². The summed E-state index contributed by atoms with van der Waals surface area (Å²) < 4.78 is 5.54. The summed E-state index contributed by atoms with van der Waals surface area (Å²) in [5.41, 5.74) is 8.15. The molecule has 6 heteroatoms. The second-order valence-corrected chi connectivity index (χ2v) is 10.0. The monoisotopic (exact) mass is 459 g/mol. The average Bonchev–Trinajstić information content (AvgIpc) is 3.47. The summed E-state index contributed by atoms with van der Waals surface area (Å²) in [5, 5.41) is 14.6. The molecule has 33 heavy (non-hydrogen) atoms. The van der Waals surface area contributed by atoms with Gasteiger partial charge in [0, 0.05) is 6.42 Å². The first-order valence-electron chi connectivity index (χ1n) is 13.3. The lowest BCUT2D eigenvalue weighted by molar-refractivity contribution is 0.141. The lowest BCUT2D eigenvalue weighted by atomic mass is 9.68. The molecular weight excluding hydrogens is 414 g/mol. The maximum Gasteiger partial charge on any atom is 0.208 e. The van der Waals surface area contributed by atoms with Crippen LogP contribution >= 0.6 is 0 Å². The summed E-state index contributed by atoms with van der Waals surface area (Å²) in [6, 6.07) is 0. The smallest absolute Gasteiger partial charge is 0.208 e. The van der Waals surface area contributed by atoms with Gasteiger partial charge in [-0.3, -0.25) is 0 Å². The summed E-state index contributed by atoms with van der Waals surface area (Å²) in [4.78, 5) is 9.81. The molecule has 1 aromatic rings. The first kappa shape index (κ1) is 26.0. The van der Waals surface area contributed by atoms with E-state index >= 15 is 0 Å². The minimum Gasteiger partial charge on any atom is -0.444 e. The molecule has 186 valence electrons. The molecule has 2 aliphatic rings. The molecule has 1 aromatic heterocycles. The van der Waals surface area contributed by atoms with Crippen LogP contribution in [0.3, 0.4) is 0 Å². The standard InChI is InChI=1S/C27H45N3O3/c1-3-5-7-21-15-20(9-12-26(21)22-10-11-24(31)17-22)16-23(8-6-4-2)30-32-14-13-25-19-29-27(18-28)33-25/h16,19,21-22,24,26,31H,3-15,17-18,28H2,1-2H3. The Morgan fingerprint density at radius 2 is 2.12 bits per heavy atom. The van der Waals surface area contributed by atoms with Gasteiger partial charge in [0.2, 0.25) is 5.89 Å². The molecule has 2 fully saturated rings. The molecule has 4 atom stereocenters. The Kier molecular flexibility index (Phi) is 10.9. The number of aromatic nitrogens is 1. The van der Waals surface area contributed by atoms with Gasteiger partial charge in [-0.15, -0.1) is 0 Å². The summed E-state index contributed by atoms with van der Waals surface area (Å²) in [5.74, 6) is 3.58. The quantitative estimate of drug-likeness (QED) is 0.216. The van der Waals surface area contributed by atoms with E-state index in [0.29, 0.717) is 25.5 Å². The van der Waals surface area contributed by atoms with Gasteiger partial charge in [-0.05, 0) is 81.6 Å². The van der Waals surface area contributed by atoms with Gasteiger partial charge >= 0.3 is 0 Å². The number of allylic oxidation sites excluding steroid dienone is 2. The third-order valence-electron chi connectivity index (χ3n) is 7.46. The molecule has 0 saturated heterocycles. The SMILES string of the molecule is CCCCC(C=C1CCC(C2CCC(O)C2)C(CCCC)C1)=NOCCc1cnc(CN)o1. The van der Waals surface area contributed by atoms with Crippen molar-refractivity contribution in [2.45, 2.75) is 110 Å². The zero-order valence-corrected chi connectivity index (χ0v) is 20.8. The van der Waals surface area contributed by atoms with E-state index in [1.165, 1.54) is 44.1 Å². The van der Waals surface area contributed by atoms with E-state index in [4.69, 9.17) is 15.0 Å². The van der Waals surface area contributed by atoms with E-state index in [-0.39, 0.29) is 6.10 Å². The van der Waals surface area contributed by atoms with Crippen LogP contribution in [0.4, 0.5) is 0 Å². The molecule has 0 radical (unpaired) electrons. The lowest BCUT2D eigenvalue weighted by Crippen LogP contribution is -2.27. The third-order valence-corrected chi connectivity index (χ3v) is 7.46. The molecule has 0 aromatic carbocycles. The van der Waals surface area contributed by atoms with Crippen LogP contribution in [0.25, 0.3) is 0 Å². The highest BCUT2D eigenvalue weighted by Gasteiger charge is 2.36. The van der Waals surface area contributed by atoms with Gasteiger partial charge in [0.1, 0.15) is 12.4 Å². The van der Waals surface area contributed by atoms with Crippen LogP contribution < -0.4 is 5.73 Å². The van der Waals surface area contributed by atoms with Gasteiger partial charge < -0.3 is 20.1 Å². The maximum atomic E-state index is 10.1. The second kappa shape index (κ2) is 13.9. The highest BCUT2D eigenvalue weighted by atomic mass is 16.6. The molecule has 0 amide bonds. The van der Waals surface area contributed by atoms with Crippen molar-refractivity contribution in [1.82, 2.24) is 4.98 Å². The van der Waals surface area contributed by atoms with Crippen molar-refractivity contribution in [2.24, 2.45) is 28.6 Å². The van der Waals surface area contributed by atoms with Crippen molar-refractivity contribution in [2.75, 3.05) is 6.61 Å². The van der Waals surface area contributed by atoms with Crippen LogP contribution in [0.1, 0.15) is 103 Å². The summed E-state index contributed by atoms with van der Waals surface area (Å²) in [7, 11) is 0. The van der Waals surface area contributed by atoms with Crippen molar-refractivity contribution >= 4 is 5.71 Å². The van der Waals surface area contributed by atoms with Crippen molar-refractivity contribution in [1.29, 1.82) is 0 Å². The largest absolute Gasteiger partial charge is 0.444 e. The number of rotatable bonds is 13. The highest BCUT2D eigenvalue weighted by Crippen LogP contribution is 2.45. The van der Waals surface area contributed by atoms with Crippen LogP contribution in [0, 0.1) is 17.8 Å². The molecule has 2 saturated carbocycles. The minimum absolute atomic E-state index is 0.0671. The summed E-state index contributed by atoms with van der Waals surface area (Å²) >= 11 is 0. The molecule has 0 bridgehead atoms. The van der Waals surface area contributed by atoms with Gasteiger partial charge in [0.05, 0.1) is 24.6 Å². The predicted octanol–water partition coefficient (Wildman–Crippen LogP) is 5.93. The molecule has 3 N–H and O–H groups in total. The van der Waals surface area contributed by atoms with E-state index in [1.807, 2.05) is 0 Å². The lowest BCUT2D eigenvalue weighted by Gasteiger charge is -2.37. The Balaban J connectivity index is 1.59. The van der Waals surface area contributed by atoms with Gasteiger partial charge in [-0.1, -0.05) is 43.8 Å². The Hall–Kier alpha value is -1.66. The second-order valence-electron chi connectivity index (χ2n) is 10.0. The Labute approximate surface area is 200 Å². The fourth-order valence-corrected chi connectivity index (χ4v) is 5.66. The van der Waals surface area contributed by atoms with E-state index in [0.717, 1.165) is 67.8 Å². The number of nitrogens with zero attached hydrogens (tertiary/aromatic N) is 2. The molecule has 6 nitrogen and oxygen atoms in total. The molecule has 4 unspecified atom stereocenters. The Morgan fingerprint density at radius 3 is 2.82 bits per heavy atom. The van der Waals surface area contributed by atoms with Crippen molar-refractivity contribution in [3.8, 4) is 0 Å². The van der Waals surface area contributed by atoms with Crippen LogP contribution in [0.2, 0.25) is 0 Å². The topological polar surface area (TPSA) is 93.9 Å². The first-order valence-corrected chi connectivity index (χ1v) is 13.3. The maximum absolute atomic E-state index is 10.1. The summed E-state index contributed by atoms with van der Waals surface area (Å²) in [6.45, 7) is 5.29. The van der Waals surface area contributed by atoms with Crippen LogP contribution in [-0.2, 0) is 17.8 Å². The normalized spacial score (nSPS) is 27.4. The number of hydrogen-bond donors (Lipinski definition) is 2. The molecule has 3 rings (SSSR count). The number of hydrogen-bond acceptors (Lipinski definition) is 6. The Morgan fingerprint density at radius 1 is 1.27 bits per heavy atom. The number of aliphatic hydroxyl groups is 1. The van der Waals surface area contributed by atoms with Crippen LogP contribution in [-0.4, -0.2) is 28.5 Å². The Bertz CT molecular complexity index is 758. The van der Waals surface area contributed by atoms with E-state index in [1.54, 1.807) is 6.20 Å². The zero-order valence-electron chi connectivity index (χ0n) is 20.8.